The standard InChI is InChI=1S/C22H20ClN5O4S/c1-12-17-21(25-11-28(22(17)30)10-16(29)24-9-13-5-4-8-31-13)33-18(12)20-26-19(27-32-20)14-6-2-3-7-15(14)23/h2-3,6-7,11,13H,4-5,8-10H2,1H3,(H,24,29). The second kappa shape index (κ2) is 9.05. The minimum atomic E-state index is -0.293. The molecule has 0 aliphatic carbocycles. The van der Waals surface area contributed by atoms with Crippen LogP contribution >= 0.6 is 22.9 Å². The van der Waals surface area contributed by atoms with E-state index in [1.54, 1.807) is 19.1 Å². The number of benzene rings is 1. The van der Waals surface area contributed by atoms with Crippen molar-refractivity contribution < 1.29 is 14.1 Å². The molecule has 1 amide bonds. The molecule has 0 saturated carbocycles. The number of hydrogen-bond donors (Lipinski definition) is 1. The number of rotatable bonds is 6. The van der Waals surface area contributed by atoms with E-state index in [0.717, 1.165) is 19.4 Å². The number of nitrogens with one attached hydrogen (secondary N) is 1. The van der Waals surface area contributed by atoms with Gasteiger partial charge in [0.25, 0.3) is 11.4 Å². The van der Waals surface area contributed by atoms with Gasteiger partial charge in [0, 0.05) is 18.7 Å². The first-order chi connectivity index (χ1) is 16.0. The highest BCUT2D eigenvalue weighted by Crippen LogP contribution is 2.36. The Bertz CT molecular complexity index is 1390. The second-order valence-electron chi connectivity index (χ2n) is 7.76. The minimum Gasteiger partial charge on any atom is -0.376 e. The zero-order chi connectivity index (χ0) is 22.9. The van der Waals surface area contributed by atoms with Gasteiger partial charge in [-0.3, -0.25) is 14.2 Å². The molecule has 1 aliphatic heterocycles. The van der Waals surface area contributed by atoms with E-state index in [1.807, 2.05) is 12.1 Å². The third kappa shape index (κ3) is 4.29. The minimum absolute atomic E-state index is 0.0398. The summed E-state index contributed by atoms with van der Waals surface area (Å²) in [4.78, 5) is 35.5. The third-order valence-electron chi connectivity index (χ3n) is 5.52. The summed E-state index contributed by atoms with van der Waals surface area (Å²) >= 11 is 7.52. The van der Waals surface area contributed by atoms with Gasteiger partial charge in [-0.15, -0.1) is 11.3 Å². The number of aryl methyl sites for hydroxylation is 1. The van der Waals surface area contributed by atoms with E-state index < -0.39 is 0 Å². The molecule has 3 aromatic heterocycles. The van der Waals surface area contributed by atoms with Crippen molar-refractivity contribution >= 4 is 39.1 Å². The van der Waals surface area contributed by atoms with E-state index in [0.29, 0.717) is 43.6 Å². The van der Waals surface area contributed by atoms with Crippen LogP contribution in [-0.4, -0.2) is 44.9 Å². The molecule has 4 aromatic rings. The van der Waals surface area contributed by atoms with Crippen molar-refractivity contribution in [3.05, 3.63) is 51.5 Å². The highest BCUT2D eigenvalue weighted by molar-refractivity contribution is 7.22. The summed E-state index contributed by atoms with van der Waals surface area (Å²) in [7, 11) is 0. The van der Waals surface area contributed by atoms with Crippen LogP contribution in [0.15, 0.2) is 39.9 Å². The summed E-state index contributed by atoms with van der Waals surface area (Å²) in [5.41, 5.74) is 1.04. The molecule has 5 rings (SSSR count). The largest absolute Gasteiger partial charge is 0.376 e. The normalized spacial score (nSPS) is 15.9. The molecule has 1 saturated heterocycles. The number of carbonyl (C=O) groups excluding carboxylic acids is 1. The molecule has 0 bridgehead atoms. The van der Waals surface area contributed by atoms with Crippen LogP contribution in [0.25, 0.3) is 32.4 Å². The SMILES string of the molecule is Cc1c(-c2nc(-c3ccccc3Cl)no2)sc2ncn(CC(=O)NCC3CCCO3)c(=O)c12. The van der Waals surface area contributed by atoms with Gasteiger partial charge in [-0.1, -0.05) is 28.9 Å². The average molecular weight is 486 g/mol. The fourth-order valence-electron chi connectivity index (χ4n) is 3.79. The molecule has 4 heterocycles. The van der Waals surface area contributed by atoms with Gasteiger partial charge in [0.15, 0.2) is 0 Å². The van der Waals surface area contributed by atoms with Crippen molar-refractivity contribution in [3.8, 4) is 22.2 Å². The van der Waals surface area contributed by atoms with Gasteiger partial charge in [0.2, 0.25) is 11.7 Å². The molecule has 9 nitrogen and oxygen atoms in total. The van der Waals surface area contributed by atoms with Crippen LogP contribution in [0.3, 0.4) is 0 Å². The van der Waals surface area contributed by atoms with E-state index >= 15 is 0 Å². The van der Waals surface area contributed by atoms with E-state index in [2.05, 4.69) is 20.4 Å². The van der Waals surface area contributed by atoms with E-state index in [9.17, 15) is 9.59 Å². The maximum Gasteiger partial charge on any atom is 0.268 e. The Morgan fingerprint density at radius 1 is 1.36 bits per heavy atom. The second-order valence-corrected chi connectivity index (χ2v) is 9.16. The zero-order valence-corrected chi connectivity index (χ0v) is 19.3. The Kier molecular flexibility index (Phi) is 5.96. The van der Waals surface area contributed by atoms with E-state index in [1.165, 1.54) is 22.2 Å². The van der Waals surface area contributed by atoms with Crippen LogP contribution in [0.2, 0.25) is 5.02 Å². The molecule has 1 aliphatic rings. The van der Waals surface area contributed by atoms with Gasteiger partial charge < -0.3 is 14.6 Å². The summed E-state index contributed by atoms with van der Waals surface area (Å²) in [5, 5.41) is 7.81. The molecule has 1 aromatic carbocycles. The van der Waals surface area contributed by atoms with Gasteiger partial charge in [0.05, 0.1) is 27.7 Å². The van der Waals surface area contributed by atoms with Crippen molar-refractivity contribution in [2.45, 2.75) is 32.4 Å². The highest BCUT2D eigenvalue weighted by atomic mass is 35.5. The van der Waals surface area contributed by atoms with Crippen LogP contribution in [0.5, 0.6) is 0 Å². The van der Waals surface area contributed by atoms with Crippen molar-refractivity contribution in [2.24, 2.45) is 0 Å². The Morgan fingerprint density at radius 2 is 2.21 bits per heavy atom. The van der Waals surface area contributed by atoms with Gasteiger partial charge >= 0.3 is 0 Å². The predicted octanol–water partition coefficient (Wildman–Crippen LogP) is 3.43. The molecule has 170 valence electrons. The van der Waals surface area contributed by atoms with Crippen LogP contribution in [0, 0.1) is 6.92 Å². The lowest BCUT2D eigenvalue weighted by Gasteiger charge is -2.11. The van der Waals surface area contributed by atoms with Gasteiger partial charge in [-0.2, -0.15) is 4.98 Å². The Balaban J connectivity index is 1.40. The molecule has 0 spiro atoms. The first-order valence-electron chi connectivity index (χ1n) is 10.5. The number of halogens is 1. The van der Waals surface area contributed by atoms with Crippen molar-refractivity contribution in [1.82, 2.24) is 25.0 Å². The van der Waals surface area contributed by atoms with Gasteiger partial charge in [0.1, 0.15) is 11.4 Å². The summed E-state index contributed by atoms with van der Waals surface area (Å²) in [5.74, 6) is 0.384. The number of thiophene rings is 1. The van der Waals surface area contributed by atoms with Crippen LogP contribution in [-0.2, 0) is 16.1 Å². The first kappa shape index (κ1) is 21.7. The number of aromatic nitrogens is 4. The summed E-state index contributed by atoms with van der Waals surface area (Å²) in [6.07, 6.45) is 3.36. The number of carbonyl (C=O) groups is 1. The number of amides is 1. The van der Waals surface area contributed by atoms with Crippen LogP contribution in [0.4, 0.5) is 0 Å². The lowest BCUT2D eigenvalue weighted by molar-refractivity contribution is -0.122. The smallest absolute Gasteiger partial charge is 0.268 e. The lowest BCUT2D eigenvalue weighted by atomic mass is 10.2. The summed E-state index contributed by atoms with van der Waals surface area (Å²) in [6, 6.07) is 7.22. The fourth-order valence-corrected chi connectivity index (χ4v) is 5.07. The molecule has 1 unspecified atom stereocenters. The van der Waals surface area contributed by atoms with Gasteiger partial charge in [-0.05, 0) is 37.5 Å². The van der Waals surface area contributed by atoms with Gasteiger partial charge in [-0.25, -0.2) is 4.98 Å². The Hall–Kier alpha value is -3.08. The maximum absolute atomic E-state index is 13.1. The number of ether oxygens (including phenoxy) is 1. The number of fused-ring (bicyclic) bond motifs is 1. The molecular weight excluding hydrogens is 466 g/mol. The zero-order valence-electron chi connectivity index (χ0n) is 17.7. The molecule has 1 atom stereocenters. The quantitative estimate of drug-likeness (QED) is 0.445. The molecule has 0 radical (unpaired) electrons. The maximum atomic E-state index is 13.1. The molecule has 11 heteroatoms. The summed E-state index contributed by atoms with van der Waals surface area (Å²) in [6.45, 7) is 2.85. The monoisotopic (exact) mass is 485 g/mol. The lowest BCUT2D eigenvalue weighted by Crippen LogP contribution is -2.36. The van der Waals surface area contributed by atoms with Crippen LogP contribution < -0.4 is 10.9 Å². The number of nitrogens with zero attached hydrogens (tertiary/aromatic N) is 4. The van der Waals surface area contributed by atoms with Crippen LogP contribution in [0.1, 0.15) is 18.4 Å². The van der Waals surface area contributed by atoms with E-state index in [-0.39, 0.29) is 30.0 Å². The average Bonchev–Trinajstić information content (AvgIpc) is 3.55. The van der Waals surface area contributed by atoms with Crippen molar-refractivity contribution in [1.29, 1.82) is 0 Å². The number of hydrogen-bond acceptors (Lipinski definition) is 8. The fraction of sp³-hybridized carbons (Fsp3) is 0.318. The summed E-state index contributed by atoms with van der Waals surface area (Å²) < 4.78 is 12.3. The Morgan fingerprint density at radius 3 is 3.00 bits per heavy atom. The molecule has 33 heavy (non-hydrogen) atoms. The predicted molar refractivity (Wildman–Crippen MR) is 124 cm³/mol. The third-order valence-corrected chi connectivity index (χ3v) is 7.03. The topological polar surface area (TPSA) is 112 Å². The molecule has 1 N–H and O–H groups in total. The molecular formula is C22H20ClN5O4S. The van der Waals surface area contributed by atoms with Crippen molar-refractivity contribution in [3.63, 3.8) is 0 Å². The highest BCUT2D eigenvalue weighted by Gasteiger charge is 2.22. The molecule has 1 fully saturated rings. The van der Waals surface area contributed by atoms with Crippen molar-refractivity contribution in [2.75, 3.05) is 13.2 Å². The van der Waals surface area contributed by atoms with E-state index in [4.69, 9.17) is 20.9 Å². The first-order valence-corrected chi connectivity index (χ1v) is 11.7. The Labute approximate surface area is 197 Å².